The zero-order valence-corrected chi connectivity index (χ0v) is 11.5. The van der Waals surface area contributed by atoms with E-state index in [0.29, 0.717) is 0 Å². The Hall–Kier alpha value is -0.153. The van der Waals surface area contributed by atoms with Gasteiger partial charge in [0.15, 0.2) is 8.32 Å². The Morgan fingerprint density at radius 2 is 1.64 bits per heavy atom. The largest absolute Gasteiger partial charge is 0.407 e. The molecule has 0 N–H and O–H groups in total. The highest BCUT2D eigenvalue weighted by Crippen LogP contribution is 2.37. The molecule has 0 aliphatic carbocycles. The fourth-order valence-electron chi connectivity index (χ4n) is 0.838. The van der Waals surface area contributed by atoms with E-state index in [1.807, 2.05) is 13.8 Å². The number of rotatable bonds is 4. The van der Waals surface area contributed by atoms with Crippen LogP contribution in [0, 0.1) is 5.92 Å². The van der Waals surface area contributed by atoms with Crippen LogP contribution in [0.5, 0.6) is 0 Å². The lowest BCUT2D eigenvalue weighted by molar-refractivity contribution is -0.115. The number of aldehydes is 1. The molecule has 0 aromatic carbocycles. The fraction of sp³-hybridized carbons (Fsp3) is 0.909. The van der Waals surface area contributed by atoms with Crippen molar-refractivity contribution in [3.63, 3.8) is 0 Å². The Balaban J connectivity index is 4.56. The molecule has 2 nitrogen and oxygen atoms in total. The predicted octanol–water partition coefficient (Wildman–Crippen LogP) is 3.23. The van der Waals surface area contributed by atoms with Gasteiger partial charge in [0.2, 0.25) is 0 Å². The van der Waals surface area contributed by atoms with Gasteiger partial charge in [-0.25, -0.2) is 0 Å². The zero-order valence-electron chi connectivity index (χ0n) is 10.5. The van der Waals surface area contributed by atoms with E-state index in [9.17, 15) is 4.79 Å². The molecule has 0 aliphatic heterocycles. The van der Waals surface area contributed by atoms with Gasteiger partial charge in [0.1, 0.15) is 12.4 Å². The van der Waals surface area contributed by atoms with Gasteiger partial charge in [-0.05, 0) is 24.1 Å². The van der Waals surface area contributed by atoms with E-state index in [1.54, 1.807) is 0 Å². The van der Waals surface area contributed by atoms with Crippen LogP contribution in [0.25, 0.3) is 0 Å². The summed E-state index contributed by atoms with van der Waals surface area (Å²) in [6.45, 7) is 14.9. The van der Waals surface area contributed by atoms with Gasteiger partial charge in [-0.3, -0.25) is 0 Å². The van der Waals surface area contributed by atoms with E-state index in [0.717, 1.165) is 6.29 Å². The lowest BCUT2D eigenvalue weighted by Crippen LogP contribution is -2.45. The van der Waals surface area contributed by atoms with E-state index in [1.165, 1.54) is 0 Å². The summed E-state index contributed by atoms with van der Waals surface area (Å²) in [5.74, 6) is 0.265. The van der Waals surface area contributed by atoms with E-state index < -0.39 is 8.32 Å². The third-order valence-electron chi connectivity index (χ3n) is 3.03. The minimum absolute atomic E-state index is 0.170. The van der Waals surface area contributed by atoms with Crippen molar-refractivity contribution < 1.29 is 9.22 Å². The third kappa shape index (κ3) is 3.54. The summed E-state index contributed by atoms with van der Waals surface area (Å²) in [6, 6.07) is 0. The van der Waals surface area contributed by atoms with Crippen LogP contribution in [0.4, 0.5) is 0 Å². The summed E-state index contributed by atoms with van der Waals surface area (Å²) in [7, 11) is -1.78. The van der Waals surface area contributed by atoms with Crippen LogP contribution < -0.4 is 0 Å². The molecule has 0 fully saturated rings. The molecule has 0 rings (SSSR count). The van der Waals surface area contributed by atoms with Crippen LogP contribution in [0.2, 0.25) is 18.1 Å². The molecule has 1 atom stereocenters. The highest BCUT2D eigenvalue weighted by atomic mass is 28.4. The molecule has 0 saturated heterocycles. The number of hydrogen-bond donors (Lipinski definition) is 0. The van der Waals surface area contributed by atoms with Crippen LogP contribution in [-0.4, -0.2) is 20.7 Å². The van der Waals surface area contributed by atoms with Crippen LogP contribution in [0.1, 0.15) is 34.6 Å². The van der Waals surface area contributed by atoms with Crippen molar-refractivity contribution in [2.45, 2.75) is 58.9 Å². The molecular weight excluding hydrogens is 192 g/mol. The summed E-state index contributed by atoms with van der Waals surface area (Å²) < 4.78 is 5.98. The first-order valence-corrected chi connectivity index (χ1v) is 8.16. The number of hydrogen-bond acceptors (Lipinski definition) is 2. The van der Waals surface area contributed by atoms with Crippen molar-refractivity contribution in [3.8, 4) is 0 Å². The molecule has 0 bridgehead atoms. The van der Waals surface area contributed by atoms with Crippen molar-refractivity contribution >= 4 is 14.6 Å². The summed E-state index contributed by atoms with van der Waals surface area (Å²) in [5, 5.41) is 0.170. The Morgan fingerprint density at radius 3 is 1.86 bits per heavy atom. The van der Waals surface area contributed by atoms with Gasteiger partial charge in [0.25, 0.3) is 0 Å². The van der Waals surface area contributed by atoms with Gasteiger partial charge in [-0.15, -0.1) is 0 Å². The van der Waals surface area contributed by atoms with E-state index in [-0.39, 0.29) is 17.1 Å². The maximum atomic E-state index is 10.8. The highest BCUT2D eigenvalue weighted by molar-refractivity contribution is 6.74. The fourth-order valence-corrected chi connectivity index (χ4v) is 2.20. The number of carbonyl (C=O) groups excluding carboxylic acids is 1. The van der Waals surface area contributed by atoms with Gasteiger partial charge in [-0.2, -0.15) is 0 Å². The molecule has 1 unspecified atom stereocenters. The van der Waals surface area contributed by atoms with Gasteiger partial charge in [0, 0.05) is 0 Å². The van der Waals surface area contributed by atoms with Crippen molar-refractivity contribution in [1.82, 2.24) is 0 Å². The first-order chi connectivity index (χ1) is 6.12. The van der Waals surface area contributed by atoms with E-state index in [2.05, 4.69) is 33.9 Å². The molecule has 3 heteroatoms. The molecule has 0 aromatic heterocycles. The van der Waals surface area contributed by atoms with Crippen LogP contribution in [0.3, 0.4) is 0 Å². The van der Waals surface area contributed by atoms with Gasteiger partial charge in [0.05, 0.1) is 0 Å². The second-order valence-corrected chi connectivity index (χ2v) is 10.5. The van der Waals surface area contributed by atoms with Crippen molar-refractivity contribution in [2.75, 3.05) is 0 Å². The van der Waals surface area contributed by atoms with Gasteiger partial charge >= 0.3 is 0 Å². The van der Waals surface area contributed by atoms with Crippen LogP contribution in [-0.2, 0) is 9.22 Å². The molecule has 0 amide bonds. The summed E-state index contributed by atoms with van der Waals surface area (Å²) in [5.41, 5.74) is 0. The Kier molecular flexibility index (Phi) is 4.53. The molecule has 14 heavy (non-hydrogen) atoms. The van der Waals surface area contributed by atoms with Crippen molar-refractivity contribution in [1.29, 1.82) is 0 Å². The van der Waals surface area contributed by atoms with E-state index >= 15 is 0 Å². The van der Waals surface area contributed by atoms with Crippen molar-refractivity contribution in [2.24, 2.45) is 5.92 Å². The summed E-state index contributed by atoms with van der Waals surface area (Å²) >= 11 is 0. The lowest BCUT2D eigenvalue weighted by atomic mass is 10.1. The first kappa shape index (κ1) is 13.8. The topological polar surface area (TPSA) is 26.3 Å². The maximum absolute atomic E-state index is 10.8. The Morgan fingerprint density at radius 1 is 1.21 bits per heavy atom. The normalized spacial score (nSPS) is 15.7. The van der Waals surface area contributed by atoms with Gasteiger partial charge < -0.3 is 9.22 Å². The molecule has 0 heterocycles. The summed E-state index contributed by atoms with van der Waals surface area (Å²) in [6.07, 6.45) is 0.696. The van der Waals surface area contributed by atoms with E-state index in [4.69, 9.17) is 4.43 Å². The molecule has 0 spiro atoms. The zero-order chi connectivity index (χ0) is 11.6. The van der Waals surface area contributed by atoms with Crippen LogP contribution in [0.15, 0.2) is 0 Å². The molecule has 0 aromatic rings. The third-order valence-corrected chi connectivity index (χ3v) is 7.50. The summed E-state index contributed by atoms with van der Waals surface area (Å²) in [4.78, 5) is 10.8. The Labute approximate surface area is 89.2 Å². The SMILES string of the molecule is CC(C)C(C=O)O[Si](C)(C)C(C)(C)C. The lowest BCUT2D eigenvalue weighted by Gasteiger charge is -2.38. The smallest absolute Gasteiger partial charge is 0.193 e. The minimum atomic E-state index is -1.78. The molecule has 84 valence electrons. The number of carbonyl (C=O) groups is 1. The highest BCUT2D eigenvalue weighted by Gasteiger charge is 2.39. The Bertz CT molecular complexity index is 192. The second-order valence-electron chi connectivity index (χ2n) is 5.72. The van der Waals surface area contributed by atoms with Crippen molar-refractivity contribution in [3.05, 3.63) is 0 Å². The quantitative estimate of drug-likeness (QED) is 0.533. The average molecular weight is 216 g/mol. The van der Waals surface area contributed by atoms with Crippen LogP contribution >= 0.6 is 0 Å². The molecule has 0 radical (unpaired) electrons. The second kappa shape index (κ2) is 4.58. The maximum Gasteiger partial charge on any atom is 0.193 e. The molecule has 0 saturated carbocycles. The average Bonchev–Trinajstić information content (AvgIpc) is 1.97. The first-order valence-electron chi connectivity index (χ1n) is 5.25. The molecule has 0 aliphatic rings. The molecular formula is C11H24O2Si. The standard InChI is InChI=1S/C11H24O2Si/c1-9(2)10(8-12)13-14(6,7)11(3,4)5/h8-10H,1-7H3. The van der Waals surface area contributed by atoms with Gasteiger partial charge in [-0.1, -0.05) is 34.6 Å². The monoisotopic (exact) mass is 216 g/mol. The predicted molar refractivity (Wildman–Crippen MR) is 63.0 cm³/mol. The minimum Gasteiger partial charge on any atom is -0.407 e.